The summed E-state index contributed by atoms with van der Waals surface area (Å²) < 4.78 is 12.0. The minimum absolute atomic E-state index is 0.0693. The first kappa shape index (κ1) is 15.4. The molecule has 2 rings (SSSR count). The molecule has 0 spiro atoms. The first-order valence-corrected chi connectivity index (χ1v) is 7.45. The van der Waals surface area contributed by atoms with Crippen molar-refractivity contribution in [2.75, 3.05) is 0 Å². The van der Waals surface area contributed by atoms with E-state index in [1.54, 1.807) is 12.1 Å². The summed E-state index contributed by atoms with van der Waals surface area (Å²) in [6.45, 7) is 4.46. The van der Waals surface area contributed by atoms with Gasteiger partial charge in [-0.2, -0.15) is 0 Å². The molecule has 0 aromatic heterocycles. The van der Waals surface area contributed by atoms with E-state index in [0.717, 1.165) is 18.4 Å². The molecule has 6 heteroatoms. The van der Waals surface area contributed by atoms with E-state index >= 15 is 0 Å². The summed E-state index contributed by atoms with van der Waals surface area (Å²) in [4.78, 5) is 10.5. The zero-order chi connectivity index (χ0) is 14.7. The van der Waals surface area contributed by atoms with E-state index in [9.17, 15) is 10.1 Å². The fourth-order valence-corrected chi connectivity index (χ4v) is 2.87. The molecule has 2 unspecified atom stereocenters. The van der Waals surface area contributed by atoms with Gasteiger partial charge >= 0.3 is 0 Å². The third-order valence-corrected chi connectivity index (χ3v) is 4.02. The maximum Gasteiger partial charge on any atom is 0.283 e. The van der Waals surface area contributed by atoms with Crippen LogP contribution in [0.3, 0.4) is 0 Å². The van der Waals surface area contributed by atoms with Gasteiger partial charge in [0.25, 0.3) is 5.69 Å². The predicted octanol–water partition coefficient (Wildman–Crippen LogP) is 3.83. The molecule has 0 N–H and O–H groups in total. The van der Waals surface area contributed by atoms with Gasteiger partial charge in [0.15, 0.2) is 0 Å². The lowest BCUT2D eigenvalue weighted by molar-refractivity contribution is -0.385. The first-order chi connectivity index (χ1) is 9.45. The normalized spacial score (nSPS) is 26.4. The number of hydrogen-bond acceptors (Lipinski definition) is 4. The number of nitrogens with zero attached hydrogens (tertiary/aromatic N) is 1. The van der Waals surface area contributed by atoms with Crippen molar-refractivity contribution in [1.29, 1.82) is 0 Å². The van der Waals surface area contributed by atoms with Gasteiger partial charge in [-0.3, -0.25) is 10.1 Å². The fourth-order valence-electron chi connectivity index (χ4n) is 2.48. The highest BCUT2D eigenvalue weighted by atomic mass is 79.9. The van der Waals surface area contributed by atoms with E-state index in [1.807, 2.05) is 19.9 Å². The number of ether oxygens (including phenoxy) is 2. The minimum atomic E-state index is -0.397. The zero-order valence-corrected chi connectivity index (χ0v) is 13.1. The number of hydrogen-bond donors (Lipinski definition) is 0. The van der Waals surface area contributed by atoms with Gasteiger partial charge in [-0.15, -0.1) is 0 Å². The van der Waals surface area contributed by atoms with Crippen molar-refractivity contribution < 1.29 is 14.4 Å². The molecular formula is C14H18BrNO4. The Bertz CT molecular complexity index is 484. The summed E-state index contributed by atoms with van der Waals surface area (Å²) in [5.74, 6) is 0. The Balaban J connectivity index is 1.97. The van der Waals surface area contributed by atoms with Gasteiger partial charge in [0.2, 0.25) is 0 Å². The van der Waals surface area contributed by atoms with Crippen molar-refractivity contribution in [3.05, 3.63) is 38.3 Å². The Hall–Kier alpha value is -0.980. The van der Waals surface area contributed by atoms with Crippen LogP contribution in [0.4, 0.5) is 5.69 Å². The molecule has 0 radical (unpaired) electrons. The molecule has 1 aliphatic rings. The van der Waals surface area contributed by atoms with Crippen LogP contribution in [0.15, 0.2) is 22.7 Å². The maximum absolute atomic E-state index is 10.9. The second-order valence-corrected chi connectivity index (χ2v) is 6.06. The second-order valence-electron chi connectivity index (χ2n) is 5.20. The predicted molar refractivity (Wildman–Crippen MR) is 78.6 cm³/mol. The molecule has 2 atom stereocenters. The lowest BCUT2D eigenvalue weighted by Crippen LogP contribution is -2.33. The smallest absolute Gasteiger partial charge is 0.283 e. The van der Waals surface area contributed by atoms with E-state index in [1.165, 1.54) is 0 Å². The van der Waals surface area contributed by atoms with Gasteiger partial charge in [-0.25, -0.2) is 0 Å². The molecule has 1 aromatic carbocycles. The molecule has 1 aromatic rings. The summed E-state index contributed by atoms with van der Waals surface area (Å²) in [7, 11) is 0. The summed E-state index contributed by atoms with van der Waals surface area (Å²) >= 11 is 3.18. The highest BCUT2D eigenvalue weighted by Crippen LogP contribution is 2.27. The molecule has 0 saturated carbocycles. The summed E-state index contributed by atoms with van der Waals surface area (Å²) in [6.07, 6.45) is 2.27. The summed E-state index contributed by atoms with van der Waals surface area (Å²) in [5.41, 5.74) is 0.881. The van der Waals surface area contributed by atoms with Gasteiger partial charge < -0.3 is 9.47 Å². The minimum Gasteiger partial charge on any atom is -0.375 e. The molecule has 1 fully saturated rings. The quantitative estimate of drug-likeness (QED) is 0.615. The third kappa shape index (κ3) is 4.01. The molecule has 0 aliphatic carbocycles. The Morgan fingerprint density at radius 2 is 2.05 bits per heavy atom. The van der Waals surface area contributed by atoms with Gasteiger partial charge in [0, 0.05) is 6.07 Å². The number of benzene rings is 1. The van der Waals surface area contributed by atoms with Crippen LogP contribution in [-0.2, 0) is 16.1 Å². The molecule has 1 heterocycles. The van der Waals surface area contributed by atoms with Crippen LogP contribution in [0.5, 0.6) is 0 Å². The van der Waals surface area contributed by atoms with Crippen molar-refractivity contribution >= 4 is 21.6 Å². The van der Waals surface area contributed by atoms with Crippen LogP contribution >= 0.6 is 15.9 Å². The van der Waals surface area contributed by atoms with Crippen LogP contribution < -0.4 is 0 Å². The lowest BCUT2D eigenvalue weighted by atomic mass is 10.0. The Kier molecular flexibility index (Phi) is 5.12. The van der Waals surface area contributed by atoms with Crippen molar-refractivity contribution in [3.63, 3.8) is 0 Å². The highest BCUT2D eigenvalue weighted by Gasteiger charge is 2.25. The molecule has 0 amide bonds. The fraction of sp³-hybridized carbons (Fsp3) is 0.571. The van der Waals surface area contributed by atoms with E-state index < -0.39 is 4.92 Å². The lowest BCUT2D eigenvalue weighted by Gasteiger charge is -2.32. The van der Waals surface area contributed by atoms with E-state index in [2.05, 4.69) is 15.9 Å². The van der Waals surface area contributed by atoms with E-state index in [0.29, 0.717) is 11.1 Å². The van der Waals surface area contributed by atoms with E-state index in [-0.39, 0.29) is 24.0 Å². The molecular weight excluding hydrogens is 326 g/mol. The number of halogens is 1. The standard InChI is InChI=1S/C14H18BrNO4/c1-9-5-12(6-10(2)20-9)19-8-11-3-4-13(15)14(7-11)16(17)18/h3-4,7,9-10,12H,5-6,8H2,1-2H3. The molecule has 1 aliphatic heterocycles. The van der Waals surface area contributed by atoms with Crippen molar-refractivity contribution in [3.8, 4) is 0 Å². The monoisotopic (exact) mass is 343 g/mol. The Morgan fingerprint density at radius 1 is 1.40 bits per heavy atom. The van der Waals surface area contributed by atoms with Crippen LogP contribution in [0.1, 0.15) is 32.3 Å². The Labute approximate surface area is 126 Å². The van der Waals surface area contributed by atoms with Crippen LogP contribution in [0.2, 0.25) is 0 Å². The van der Waals surface area contributed by atoms with Gasteiger partial charge in [-0.1, -0.05) is 6.07 Å². The third-order valence-electron chi connectivity index (χ3n) is 3.35. The largest absolute Gasteiger partial charge is 0.375 e. The van der Waals surface area contributed by atoms with Gasteiger partial charge in [0.05, 0.1) is 34.3 Å². The SMILES string of the molecule is CC1CC(OCc2ccc(Br)c([N+](=O)[O-])c2)CC(C)O1. The molecule has 1 saturated heterocycles. The van der Waals surface area contributed by atoms with E-state index in [4.69, 9.17) is 9.47 Å². The van der Waals surface area contributed by atoms with Gasteiger partial charge in [-0.05, 0) is 54.2 Å². The van der Waals surface area contributed by atoms with Crippen molar-refractivity contribution in [1.82, 2.24) is 0 Å². The number of nitro benzene ring substituents is 1. The summed E-state index contributed by atoms with van der Waals surface area (Å²) in [5, 5.41) is 10.9. The van der Waals surface area contributed by atoms with Crippen LogP contribution in [-0.4, -0.2) is 23.2 Å². The average molecular weight is 344 g/mol. The molecule has 5 nitrogen and oxygen atoms in total. The topological polar surface area (TPSA) is 61.6 Å². The maximum atomic E-state index is 10.9. The average Bonchev–Trinajstić information content (AvgIpc) is 2.36. The van der Waals surface area contributed by atoms with Crippen LogP contribution in [0, 0.1) is 10.1 Å². The van der Waals surface area contributed by atoms with Crippen molar-refractivity contribution in [2.45, 2.75) is 51.6 Å². The number of nitro groups is 1. The molecule has 20 heavy (non-hydrogen) atoms. The van der Waals surface area contributed by atoms with Gasteiger partial charge in [0.1, 0.15) is 0 Å². The van der Waals surface area contributed by atoms with Crippen LogP contribution in [0.25, 0.3) is 0 Å². The Morgan fingerprint density at radius 3 is 2.65 bits per heavy atom. The highest BCUT2D eigenvalue weighted by molar-refractivity contribution is 9.10. The summed E-state index contributed by atoms with van der Waals surface area (Å²) in [6, 6.07) is 5.07. The van der Waals surface area contributed by atoms with Crippen molar-refractivity contribution in [2.24, 2.45) is 0 Å². The number of rotatable bonds is 4. The molecule has 0 bridgehead atoms. The first-order valence-electron chi connectivity index (χ1n) is 6.65. The second kappa shape index (κ2) is 6.65. The zero-order valence-electron chi connectivity index (χ0n) is 11.5. The molecule has 110 valence electrons.